The van der Waals surface area contributed by atoms with Crippen molar-refractivity contribution in [3.63, 3.8) is 0 Å². The third-order valence-electron chi connectivity index (χ3n) is 7.18. The Morgan fingerprint density at radius 3 is 2.53 bits per heavy atom. The van der Waals surface area contributed by atoms with Crippen LogP contribution >= 0.6 is 0 Å². The zero-order valence-electron chi connectivity index (χ0n) is 20.2. The lowest BCUT2D eigenvalue weighted by Gasteiger charge is -2.41. The highest BCUT2D eigenvalue weighted by Gasteiger charge is 2.46. The Hall–Kier alpha value is -3.16. The maximum absolute atomic E-state index is 13.3. The molecule has 1 atom stereocenters. The first-order chi connectivity index (χ1) is 16.4. The van der Waals surface area contributed by atoms with Crippen LogP contribution in [0.4, 0.5) is 0 Å². The normalized spacial score (nSPS) is 21.0. The van der Waals surface area contributed by atoms with E-state index in [0.29, 0.717) is 12.2 Å². The molecule has 182 valence electrons. The van der Waals surface area contributed by atoms with Crippen molar-refractivity contribution in [1.29, 1.82) is 0 Å². The molecule has 4 rings (SSSR count). The summed E-state index contributed by atoms with van der Waals surface area (Å²) in [5.74, 6) is -0.779. The van der Waals surface area contributed by atoms with Gasteiger partial charge in [0.2, 0.25) is 5.91 Å². The fourth-order valence-corrected chi connectivity index (χ4v) is 4.83. The van der Waals surface area contributed by atoms with Crippen LogP contribution in [0.3, 0.4) is 0 Å². The minimum Gasteiger partial charge on any atom is -0.351 e. The highest BCUT2D eigenvalue weighted by Crippen LogP contribution is 2.27. The summed E-state index contributed by atoms with van der Waals surface area (Å²) in [5, 5.41) is 10.5. The van der Waals surface area contributed by atoms with Gasteiger partial charge in [-0.25, -0.2) is 0 Å². The van der Waals surface area contributed by atoms with Crippen LogP contribution in [0.25, 0.3) is 0 Å². The first-order valence-electron chi connectivity index (χ1n) is 12.4. The standard InChI is InChI=1S/C26H35N5O3/c1-26(25(34)28-20-14-8-3-4-9-15-20)18-31-22(24(33)30(26)2)17-21(29-31)23(32)27-16-10-13-19-11-6-5-7-12-19/h5-7,11-12,17,20H,3-4,8-10,13-16,18H2,1-2H3,(H,27,32)(H,28,34). The number of likely N-dealkylation sites (N-methyl/N-ethyl adjacent to an activating group) is 1. The van der Waals surface area contributed by atoms with Crippen LogP contribution in [0.1, 0.15) is 78.4 Å². The van der Waals surface area contributed by atoms with Gasteiger partial charge in [-0.1, -0.05) is 56.0 Å². The van der Waals surface area contributed by atoms with Crippen molar-refractivity contribution in [3.05, 3.63) is 53.3 Å². The van der Waals surface area contributed by atoms with Gasteiger partial charge in [0.15, 0.2) is 5.69 Å². The Balaban J connectivity index is 1.38. The molecule has 3 amide bonds. The number of carbonyl (C=O) groups excluding carboxylic acids is 3. The predicted octanol–water partition coefficient (Wildman–Crippen LogP) is 2.93. The minimum atomic E-state index is -1.06. The zero-order chi connectivity index (χ0) is 24.1. The van der Waals surface area contributed by atoms with Crippen LogP contribution in [0.2, 0.25) is 0 Å². The van der Waals surface area contributed by atoms with E-state index in [1.54, 1.807) is 14.0 Å². The van der Waals surface area contributed by atoms with Gasteiger partial charge in [-0.15, -0.1) is 0 Å². The van der Waals surface area contributed by atoms with Gasteiger partial charge in [-0.05, 0) is 38.2 Å². The second-order valence-electron chi connectivity index (χ2n) is 9.72. The van der Waals surface area contributed by atoms with Crippen molar-refractivity contribution in [2.75, 3.05) is 13.6 Å². The average molecular weight is 466 g/mol. The fraction of sp³-hybridized carbons (Fsp3) is 0.538. The van der Waals surface area contributed by atoms with E-state index in [2.05, 4.69) is 27.9 Å². The number of aryl methyl sites for hydroxylation is 1. The number of nitrogens with zero attached hydrogens (tertiary/aromatic N) is 3. The summed E-state index contributed by atoms with van der Waals surface area (Å²) in [6, 6.07) is 11.8. The van der Waals surface area contributed by atoms with Gasteiger partial charge in [0, 0.05) is 25.7 Å². The van der Waals surface area contributed by atoms with Gasteiger partial charge in [-0.2, -0.15) is 5.10 Å². The smallest absolute Gasteiger partial charge is 0.272 e. The monoisotopic (exact) mass is 465 g/mol. The van der Waals surface area contributed by atoms with Gasteiger partial charge in [-0.3, -0.25) is 19.1 Å². The van der Waals surface area contributed by atoms with Crippen LogP contribution in [0.5, 0.6) is 0 Å². The number of hydrogen-bond acceptors (Lipinski definition) is 4. The molecule has 1 unspecified atom stereocenters. The van der Waals surface area contributed by atoms with E-state index in [1.165, 1.54) is 34.1 Å². The predicted molar refractivity (Wildman–Crippen MR) is 129 cm³/mol. The van der Waals surface area contributed by atoms with Crippen molar-refractivity contribution >= 4 is 17.7 Å². The van der Waals surface area contributed by atoms with E-state index < -0.39 is 5.54 Å². The highest BCUT2D eigenvalue weighted by atomic mass is 16.2. The first kappa shape index (κ1) is 24.0. The van der Waals surface area contributed by atoms with Crippen LogP contribution in [0, 0.1) is 0 Å². The van der Waals surface area contributed by atoms with Crippen LogP contribution in [-0.4, -0.2) is 57.6 Å². The Kier molecular flexibility index (Phi) is 7.34. The number of amides is 3. The summed E-state index contributed by atoms with van der Waals surface area (Å²) in [6.45, 7) is 2.50. The molecule has 2 heterocycles. The molecule has 1 aliphatic carbocycles. The molecule has 2 N–H and O–H groups in total. The summed E-state index contributed by atoms with van der Waals surface area (Å²) in [5.41, 5.74) is 0.692. The number of nitrogens with one attached hydrogen (secondary N) is 2. The Labute approximate surface area is 201 Å². The lowest BCUT2D eigenvalue weighted by molar-refractivity contribution is -0.133. The lowest BCUT2D eigenvalue weighted by atomic mass is 9.95. The molecule has 1 fully saturated rings. The molecule has 1 aromatic heterocycles. The fourth-order valence-electron chi connectivity index (χ4n) is 4.83. The molecule has 1 saturated carbocycles. The maximum Gasteiger partial charge on any atom is 0.272 e. The zero-order valence-corrected chi connectivity index (χ0v) is 20.2. The maximum atomic E-state index is 13.3. The number of fused-ring (bicyclic) bond motifs is 1. The molecule has 8 heteroatoms. The van der Waals surface area contributed by atoms with Crippen molar-refractivity contribution < 1.29 is 14.4 Å². The number of rotatable bonds is 7. The summed E-state index contributed by atoms with van der Waals surface area (Å²) in [7, 11) is 1.65. The molecule has 0 spiro atoms. The molecule has 8 nitrogen and oxygen atoms in total. The minimum absolute atomic E-state index is 0.145. The van der Waals surface area contributed by atoms with Gasteiger partial charge >= 0.3 is 0 Å². The Morgan fingerprint density at radius 2 is 1.82 bits per heavy atom. The quantitative estimate of drug-likeness (QED) is 0.485. The molecule has 0 bridgehead atoms. The molecule has 1 aliphatic heterocycles. The van der Waals surface area contributed by atoms with Crippen molar-refractivity contribution in [2.45, 2.75) is 76.4 Å². The number of hydrogen-bond donors (Lipinski definition) is 2. The van der Waals surface area contributed by atoms with Crippen LogP contribution in [-0.2, 0) is 17.8 Å². The van der Waals surface area contributed by atoms with Crippen LogP contribution in [0.15, 0.2) is 36.4 Å². The van der Waals surface area contributed by atoms with Crippen LogP contribution < -0.4 is 10.6 Å². The van der Waals surface area contributed by atoms with Crippen molar-refractivity contribution in [3.8, 4) is 0 Å². The van der Waals surface area contributed by atoms with E-state index in [4.69, 9.17) is 0 Å². The largest absolute Gasteiger partial charge is 0.351 e. The molecular formula is C26H35N5O3. The van der Waals surface area contributed by atoms with Gasteiger partial charge in [0.1, 0.15) is 11.2 Å². The van der Waals surface area contributed by atoms with E-state index in [9.17, 15) is 14.4 Å². The first-order valence-corrected chi connectivity index (χ1v) is 12.4. The second kappa shape index (κ2) is 10.4. The summed E-state index contributed by atoms with van der Waals surface area (Å²) in [6.07, 6.45) is 8.27. The molecule has 2 aromatic rings. The molecule has 0 radical (unpaired) electrons. The topological polar surface area (TPSA) is 96.3 Å². The highest BCUT2D eigenvalue weighted by molar-refractivity contribution is 6.01. The Morgan fingerprint density at radius 1 is 1.12 bits per heavy atom. The van der Waals surface area contributed by atoms with Gasteiger partial charge < -0.3 is 15.5 Å². The third-order valence-corrected chi connectivity index (χ3v) is 7.18. The summed E-state index contributed by atoms with van der Waals surface area (Å²) in [4.78, 5) is 40.5. The summed E-state index contributed by atoms with van der Waals surface area (Å²) < 4.78 is 1.51. The molecular weight excluding hydrogens is 430 g/mol. The SMILES string of the molecule is CN1C(=O)c2cc(C(=O)NCCCc3ccccc3)nn2CC1(C)C(=O)NC1CCCCCC1. The molecule has 0 saturated heterocycles. The van der Waals surface area contributed by atoms with E-state index in [-0.39, 0.29) is 36.0 Å². The van der Waals surface area contributed by atoms with Crippen molar-refractivity contribution in [1.82, 2.24) is 25.3 Å². The van der Waals surface area contributed by atoms with Gasteiger partial charge in [0.05, 0.1) is 6.54 Å². The van der Waals surface area contributed by atoms with E-state index in [1.807, 2.05) is 18.2 Å². The molecule has 34 heavy (non-hydrogen) atoms. The second-order valence-corrected chi connectivity index (χ2v) is 9.72. The van der Waals surface area contributed by atoms with Gasteiger partial charge in [0.25, 0.3) is 11.8 Å². The Bertz CT molecular complexity index is 1030. The molecule has 1 aromatic carbocycles. The number of carbonyl (C=O) groups is 3. The third kappa shape index (κ3) is 5.16. The summed E-state index contributed by atoms with van der Waals surface area (Å²) >= 11 is 0. The number of aromatic nitrogens is 2. The number of benzene rings is 1. The molecule has 2 aliphatic rings. The average Bonchev–Trinajstić information content (AvgIpc) is 3.09. The van der Waals surface area contributed by atoms with E-state index >= 15 is 0 Å². The van der Waals surface area contributed by atoms with Crippen molar-refractivity contribution in [2.24, 2.45) is 0 Å². The van der Waals surface area contributed by atoms with E-state index in [0.717, 1.165) is 38.5 Å². The lowest BCUT2D eigenvalue weighted by Crippen LogP contribution is -2.63.